The van der Waals surface area contributed by atoms with Gasteiger partial charge in [-0.2, -0.15) is 0 Å². The molecule has 1 aromatic heterocycles. The molecule has 0 aliphatic heterocycles. The Labute approximate surface area is 104 Å². The van der Waals surface area contributed by atoms with E-state index in [-0.39, 0.29) is 10.6 Å². The summed E-state index contributed by atoms with van der Waals surface area (Å²) in [6, 6.07) is 4.82. The molecule has 6 heteroatoms. The Kier molecular flexibility index (Phi) is 3.57. The van der Waals surface area contributed by atoms with Crippen molar-refractivity contribution in [1.82, 2.24) is 9.55 Å². The maximum absolute atomic E-state index is 10.7. The molecule has 0 saturated carbocycles. The first-order valence-electron chi connectivity index (χ1n) is 5.61. The number of hydrogen-bond acceptors (Lipinski definition) is 4. The van der Waals surface area contributed by atoms with Gasteiger partial charge >= 0.3 is 0 Å². The summed E-state index contributed by atoms with van der Waals surface area (Å²) in [5.74, 6) is 0. The van der Waals surface area contributed by atoms with Crippen LogP contribution in [0.1, 0.15) is 5.56 Å². The van der Waals surface area contributed by atoms with Gasteiger partial charge in [0.15, 0.2) is 0 Å². The predicted molar refractivity (Wildman–Crippen MR) is 68.6 cm³/mol. The Morgan fingerprint density at radius 2 is 2.33 bits per heavy atom. The predicted octanol–water partition coefficient (Wildman–Crippen LogP) is 2.21. The lowest BCUT2D eigenvalue weighted by molar-refractivity contribution is -0.384. The lowest BCUT2D eigenvalue weighted by Gasteiger charge is -2.09. The van der Waals surface area contributed by atoms with Gasteiger partial charge in [-0.3, -0.25) is 10.1 Å². The molecule has 1 aromatic carbocycles. The number of non-ortho nitro benzene ring substituents is 1. The number of nitro groups is 1. The summed E-state index contributed by atoms with van der Waals surface area (Å²) in [6.07, 6.45) is 5.34. The van der Waals surface area contributed by atoms with Crippen LogP contribution in [0.5, 0.6) is 0 Å². The van der Waals surface area contributed by atoms with E-state index in [9.17, 15) is 10.1 Å². The molecule has 0 aliphatic carbocycles. The summed E-state index contributed by atoms with van der Waals surface area (Å²) in [4.78, 5) is 14.3. The average Bonchev–Trinajstić information content (AvgIpc) is 2.84. The van der Waals surface area contributed by atoms with Crippen molar-refractivity contribution in [2.45, 2.75) is 13.5 Å². The number of nitro benzene ring substituents is 1. The number of rotatable bonds is 5. The van der Waals surface area contributed by atoms with E-state index < -0.39 is 0 Å². The number of benzene rings is 1. The van der Waals surface area contributed by atoms with Gasteiger partial charge in [0.1, 0.15) is 0 Å². The normalized spacial score (nSPS) is 10.3. The smallest absolute Gasteiger partial charge is 0.271 e. The molecule has 2 aromatic rings. The van der Waals surface area contributed by atoms with E-state index >= 15 is 0 Å². The minimum absolute atomic E-state index is 0.103. The minimum Gasteiger partial charge on any atom is -0.383 e. The fourth-order valence-electron chi connectivity index (χ4n) is 1.65. The number of anilines is 1. The van der Waals surface area contributed by atoms with Crippen LogP contribution in [0.3, 0.4) is 0 Å². The van der Waals surface area contributed by atoms with Gasteiger partial charge in [0, 0.05) is 43.3 Å². The molecular formula is C12H14N4O2. The Morgan fingerprint density at radius 1 is 1.50 bits per heavy atom. The van der Waals surface area contributed by atoms with E-state index in [0.717, 1.165) is 17.8 Å². The van der Waals surface area contributed by atoms with Crippen LogP contribution >= 0.6 is 0 Å². The summed E-state index contributed by atoms with van der Waals surface area (Å²) in [5, 5.41) is 13.9. The molecule has 0 amide bonds. The highest BCUT2D eigenvalue weighted by molar-refractivity contribution is 5.56. The molecule has 0 fully saturated rings. The van der Waals surface area contributed by atoms with Gasteiger partial charge in [-0.05, 0) is 12.5 Å². The van der Waals surface area contributed by atoms with Crippen LogP contribution in [-0.2, 0) is 6.54 Å². The van der Waals surface area contributed by atoms with E-state index in [0.29, 0.717) is 6.54 Å². The molecule has 0 atom stereocenters. The molecular weight excluding hydrogens is 232 g/mol. The first-order chi connectivity index (χ1) is 8.66. The summed E-state index contributed by atoms with van der Waals surface area (Å²) < 4.78 is 1.94. The van der Waals surface area contributed by atoms with E-state index in [1.807, 2.05) is 17.7 Å². The van der Waals surface area contributed by atoms with Gasteiger partial charge < -0.3 is 9.88 Å². The van der Waals surface area contributed by atoms with Crippen molar-refractivity contribution >= 4 is 11.4 Å². The summed E-state index contributed by atoms with van der Waals surface area (Å²) in [6.45, 7) is 3.38. The first kappa shape index (κ1) is 12.1. The SMILES string of the molecule is Cc1ccc([N+](=O)[O-])cc1NCCn1ccnc1. The van der Waals surface area contributed by atoms with Crippen molar-refractivity contribution in [3.8, 4) is 0 Å². The van der Waals surface area contributed by atoms with E-state index in [1.165, 1.54) is 6.07 Å². The van der Waals surface area contributed by atoms with Crippen LogP contribution in [0.4, 0.5) is 11.4 Å². The van der Waals surface area contributed by atoms with Gasteiger partial charge in [-0.15, -0.1) is 0 Å². The molecule has 18 heavy (non-hydrogen) atoms. The zero-order valence-electron chi connectivity index (χ0n) is 10.0. The molecule has 6 nitrogen and oxygen atoms in total. The topological polar surface area (TPSA) is 73.0 Å². The largest absolute Gasteiger partial charge is 0.383 e. The van der Waals surface area contributed by atoms with Gasteiger partial charge in [0.25, 0.3) is 5.69 Å². The molecule has 0 radical (unpaired) electrons. The number of aryl methyl sites for hydroxylation is 1. The molecule has 0 unspecified atom stereocenters. The monoisotopic (exact) mass is 246 g/mol. The number of imidazole rings is 1. The maximum Gasteiger partial charge on any atom is 0.271 e. The van der Waals surface area contributed by atoms with Crippen molar-refractivity contribution < 1.29 is 4.92 Å². The summed E-state index contributed by atoms with van der Waals surface area (Å²) in [5.41, 5.74) is 1.89. The number of nitrogens with one attached hydrogen (secondary N) is 1. The second kappa shape index (κ2) is 5.31. The van der Waals surface area contributed by atoms with Crippen molar-refractivity contribution in [1.29, 1.82) is 0 Å². The van der Waals surface area contributed by atoms with Crippen LogP contribution in [0, 0.1) is 17.0 Å². The Balaban J connectivity index is 2.00. The molecule has 94 valence electrons. The zero-order valence-corrected chi connectivity index (χ0v) is 10.0. The molecule has 2 rings (SSSR count). The fraction of sp³-hybridized carbons (Fsp3) is 0.250. The first-order valence-corrected chi connectivity index (χ1v) is 5.61. The molecule has 0 aliphatic rings. The van der Waals surface area contributed by atoms with Crippen molar-refractivity contribution in [2.75, 3.05) is 11.9 Å². The van der Waals surface area contributed by atoms with Gasteiger partial charge in [0.05, 0.1) is 11.3 Å². The lowest BCUT2D eigenvalue weighted by atomic mass is 10.2. The van der Waals surface area contributed by atoms with Crippen molar-refractivity contribution in [2.24, 2.45) is 0 Å². The number of nitrogens with zero attached hydrogens (tertiary/aromatic N) is 3. The molecule has 0 bridgehead atoms. The highest BCUT2D eigenvalue weighted by Gasteiger charge is 2.07. The minimum atomic E-state index is -0.388. The Morgan fingerprint density at radius 3 is 3.00 bits per heavy atom. The third-order valence-electron chi connectivity index (χ3n) is 2.68. The van der Waals surface area contributed by atoms with E-state index in [4.69, 9.17) is 0 Å². The zero-order chi connectivity index (χ0) is 13.0. The molecule has 0 saturated heterocycles. The molecule has 1 heterocycles. The molecule has 1 N–H and O–H groups in total. The van der Waals surface area contributed by atoms with E-state index in [1.54, 1.807) is 24.7 Å². The second-order valence-corrected chi connectivity index (χ2v) is 3.98. The summed E-state index contributed by atoms with van der Waals surface area (Å²) >= 11 is 0. The Bertz CT molecular complexity index is 537. The number of aromatic nitrogens is 2. The van der Waals surface area contributed by atoms with Crippen LogP contribution in [0.25, 0.3) is 0 Å². The quantitative estimate of drug-likeness (QED) is 0.648. The number of hydrogen-bond donors (Lipinski definition) is 1. The Hall–Kier alpha value is -2.37. The maximum atomic E-state index is 10.7. The van der Waals surface area contributed by atoms with Crippen LogP contribution in [0.15, 0.2) is 36.9 Å². The third-order valence-corrected chi connectivity index (χ3v) is 2.68. The van der Waals surface area contributed by atoms with Gasteiger partial charge in [-0.25, -0.2) is 4.98 Å². The highest BCUT2D eigenvalue weighted by Crippen LogP contribution is 2.21. The molecule has 0 spiro atoms. The van der Waals surface area contributed by atoms with Crippen LogP contribution in [0.2, 0.25) is 0 Å². The van der Waals surface area contributed by atoms with Crippen molar-refractivity contribution in [3.05, 3.63) is 52.6 Å². The highest BCUT2D eigenvalue weighted by atomic mass is 16.6. The van der Waals surface area contributed by atoms with Crippen LogP contribution < -0.4 is 5.32 Å². The fourth-order valence-corrected chi connectivity index (χ4v) is 1.65. The van der Waals surface area contributed by atoms with Gasteiger partial charge in [-0.1, -0.05) is 6.07 Å². The lowest BCUT2D eigenvalue weighted by Crippen LogP contribution is -2.10. The van der Waals surface area contributed by atoms with Crippen molar-refractivity contribution in [3.63, 3.8) is 0 Å². The third kappa shape index (κ3) is 2.85. The van der Waals surface area contributed by atoms with Crippen LogP contribution in [-0.4, -0.2) is 21.0 Å². The summed E-state index contributed by atoms with van der Waals surface area (Å²) in [7, 11) is 0. The standard InChI is InChI=1S/C12H14N4O2/c1-10-2-3-11(16(17)18)8-12(10)14-5-7-15-6-4-13-9-15/h2-4,6,8-9,14H,5,7H2,1H3. The second-order valence-electron chi connectivity index (χ2n) is 3.98. The average molecular weight is 246 g/mol. The van der Waals surface area contributed by atoms with Gasteiger partial charge in [0.2, 0.25) is 0 Å². The van der Waals surface area contributed by atoms with E-state index in [2.05, 4.69) is 10.3 Å².